The van der Waals surface area contributed by atoms with Gasteiger partial charge in [0.25, 0.3) is 0 Å². The largest absolute Gasteiger partial charge is 0.497 e. The van der Waals surface area contributed by atoms with Crippen LogP contribution in [0.5, 0.6) is 11.5 Å². The van der Waals surface area contributed by atoms with Crippen LogP contribution in [-0.2, 0) is 17.8 Å². The van der Waals surface area contributed by atoms with Crippen LogP contribution in [0.1, 0.15) is 17.9 Å². The van der Waals surface area contributed by atoms with E-state index in [1.165, 1.54) is 10.8 Å². The second-order valence-electron chi connectivity index (χ2n) is 6.99. The molecule has 0 saturated carbocycles. The van der Waals surface area contributed by atoms with Gasteiger partial charge >= 0.3 is 0 Å². The van der Waals surface area contributed by atoms with Gasteiger partial charge in [0.1, 0.15) is 11.5 Å². The number of amides is 1. The first-order valence-corrected chi connectivity index (χ1v) is 9.96. The Morgan fingerprint density at radius 2 is 1.87 bits per heavy atom. The molecule has 7 nitrogen and oxygen atoms in total. The molecule has 0 atom stereocenters. The molecule has 0 aliphatic carbocycles. The average Bonchev–Trinajstić information content (AvgIpc) is 3.29. The second-order valence-corrected chi connectivity index (χ2v) is 6.99. The van der Waals surface area contributed by atoms with Gasteiger partial charge in [0.15, 0.2) is 0 Å². The van der Waals surface area contributed by atoms with Crippen molar-refractivity contribution < 1.29 is 18.8 Å². The third-order valence-corrected chi connectivity index (χ3v) is 5.06. The molecule has 0 aliphatic heterocycles. The van der Waals surface area contributed by atoms with Crippen LogP contribution in [0.15, 0.2) is 65.2 Å². The lowest BCUT2D eigenvalue weighted by Gasteiger charge is -2.07. The fraction of sp³-hybridized carbons (Fsp3) is 0.208. The third-order valence-electron chi connectivity index (χ3n) is 5.06. The van der Waals surface area contributed by atoms with E-state index in [4.69, 9.17) is 14.0 Å². The number of methoxy groups -OCH3 is 2. The summed E-state index contributed by atoms with van der Waals surface area (Å²) in [4.78, 5) is 16.7. The van der Waals surface area contributed by atoms with E-state index in [1.54, 1.807) is 32.4 Å². The molecule has 158 valence electrons. The summed E-state index contributed by atoms with van der Waals surface area (Å²) in [5.41, 5.74) is 1.83. The molecule has 0 fully saturated rings. The van der Waals surface area contributed by atoms with E-state index in [-0.39, 0.29) is 12.5 Å². The number of hydrogen-bond acceptors (Lipinski definition) is 6. The monoisotopic (exact) mass is 417 g/mol. The Labute approximate surface area is 180 Å². The van der Waals surface area contributed by atoms with Crippen molar-refractivity contribution in [1.29, 1.82) is 0 Å². The van der Waals surface area contributed by atoms with Gasteiger partial charge in [0.05, 0.1) is 26.3 Å². The molecular formula is C24H23N3O4. The highest BCUT2D eigenvalue weighted by molar-refractivity contribution is 5.86. The molecule has 7 heteroatoms. The van der Waals surface area contributed by atoms with Crippen LogP contribution < -0.4 is 14.8 Å². The number of aryl methyl sites for hydroxylation is 1. The summed E-state index contributed by atoms with van der Waals surface area (Å²) >= 11 is 0. The highest BCUT2D eigenvalue weighted by Crippen LogP contribution is 2.31. The number of nitrogens with one attached hydrogen (secondary N) is 1. The maximum atomic E-state index is 12.3. The van der Waals surface area contributed by atoms with Crippen LogP contribution in [-0.4, -0.2) is 30.3 Å². The zero-order valence-corrected chi connectivity index (χ0v) is 17.4. The molecule has 0 saturated heterocycles. The minimum atomic E-state index is -0.0743. The summed E-state index contributed by atoms with van der Waals surface area (Å²) < 4.78 is 15.9. The fourth-order valence-electron chi connectivity index (χ4n) is 3.44. The van der Waals surface area contributed by atoms with Crippen LogP contribution in [0, 0.1) is 0 Å². The van der Waals surface area contributed by atoms with Gasteiger partial charge < -0.3 is 19.3 Å². The lowest BCUT2D eigenvalue weighted by atomic mass is 10.0. The van der Waals surface area contributed by atoms with Crippen molar-refractivity contribution >= 4 is 16.7 Å². The van der Waals surface area contributed by atoms with Crippen LogP contribution in [0.3, 0.4) is 0 Å². The lowest BCUT2D eigenvalue weighted by Crippen LogP contribution is -2.23. The van der Waals surface area contributed by atoms with Crippen molar-refractivity contribution in [3.05, 3.63) is 72.1 Å². The van der Waals surface area contributed by atoms with E-state index in [2.05, 4.69) is 39.7 Å². The van der Waals surface area contributed by atoms with Gasteiger partial charge in [0.2, 0.25) is 17.6 Å². The molecule has 4 rings (SSSR count). The van der Waals surface area contributed by atoms with Gasteiger partial charge in [-0.2, -0.15) is 4.98 Å². The number of benzene rings is 3. The number of nitrogens with zero attached hydrogens (tertiary/aromatic N) is 2. The van der Waals surface area contributed by atoms with E-state index in [0.29, 0.717) is 41.6 Å². The number of ether oxygens (including phenoxy) is 2. The first-order chi connectivity index (χ1) is 15.2. The number of carbonyl (C=O) groups is 1. The standard InChI is InChI=1S/C24H23N3O4/c1-29-18-11-12-20(21(14-18)30-2)24-26-23(31-27-24)15-25-22(28)13-10-17-8-5-7-16-6-3-4-9-19(16)17/h3-9,11-12,14H,10,13,15H2,1-2H3,(H,25,28). The zero-order chi connectivity index (χ0) is 21.6. The first-order valence-electron chi connectivity index (χ1n) is 9.96. The van der Waals surface area contributed by atoms with Crippen molar-refractivity contribution in [2.75, 3.05) is 14.2 Å². The van der Waals surface area contributed by atoms with Crippen LogP contribution in [0.2, 0.25) is 0 Å². The molecular weight excluding hydrogens is 394 g/mol. The molecule has 1 amide bonds. The highest BCUT2D eigenvalue weighted by atomic mass is 16.5. The summed E-state index contributed by atoms with van der Waals surface area (Å²) in [6.07, 6.45) is 1.03. The molecule has 3 aromatic carbocycles. The summed E-state index contributed by atoms with van der Waals surface area (Å²) in [7, 11) is 3.15. The van der Waals surface area contributed by atoms with E-state index >= 15 is 0 Å². The number of fused-ring (bicyclic) bond motifs is 1. The third kappa shape index (κ3) is 4.66. The Morgan fingerprint density at radius 1 is 1.03 bits per heavy atom. The van der Waals surface area contributed by atoms with Crippen LogP contribution in [0.4, 0.5) is 0 Å². The molecule has 0 spiro atoms. The van der Waals surface area contributed by atoms with Gasteiger partial charge in [-0.25, -0.2) is 0 Å². The van der Waals surface area contributed by atoms with Crippen molar-refractivity contribution in [3.8, 4) is 22.9 Å². The van der Waals surface area contributed by atoms with Gasteiger partial charge in [-0.3, -0.25) is 4.79 Å². The van der Waals surface area contributed by atoms with Crippen molar-refractivity contribution in [1.82, 2.24) is 15.5 Å². The number of hydrogen-bond donors (Lipinski definition) is 1. The van der Waals surface area contributed by atoms with Crippen LogP contribution >= 0.6 is 0 Å². The van der Waals surface area contributed by atoms with E-state index < -0.39 is 0 Å². The maximum Gasteiger partial charge on any atom is 0.246 e. The predicted octanol–water partition coefficient (Wildman–Crippen LogP) is 4.16. The SMILES string of the molecule is COc1ccc(-c2noc(CNC(=O)CCc3cccc4ccccc34)n2)c(OC)c1. The molecule has 0 aliphatic rings. The summed E-state index contributed by atoms with van der Waals surface area (Å²) in [6.45, 7) is 0.167. The molecule has 1 aromatic heterocycles. The van der Waals surface area contributed by atoms with Gasteiger partial charge in [-0.05, 0) is 34.9 Å². The van der Waals surface area contributed by atoms with Gasteiger partial charge in [0, 0.05) is 12.5 Å². The Morgan fingerprint density at radius 3 is 2.71 bits per heavy atom. The minimum Gasteiger partial charge on any atom is -0.497 e. The number of aromatic nitrogens is 2. The van der Waals surface area contributed by atoms with E-state index in [1.807, 2.05) is 18.2 Å². The summed E-state index contributed by atoms with van der Waals surface area (Å²) in [5, 5.41) is 9.19. The first kappa shape index (κ1) is 20.4. The second kappa shape index (κ2) is 9.30. The summed E-state index contributed by atoms with van der Waals surface area (Å²) in [5.74, 6) is 1.88. The Hall–Kier alpha value is -3.87. The molecule has 4 aromatic rings. The number of carbonyl (C=O) groups excluding carboxylic acids is 1. The molecule has 31 heavy (non-hydrogen) atoms. The molecule has 0 bridgehead atoms. The Balaban J connectivity index is 1.36. The molecule has 0 radical (unpaired) electrons. The van der Waals surface area contributed by atoms with Crippen LogP contribution in [0.25, 0.3) is 22.2 Å². The Kier molecular flexibility index (Phi) is 6.12. The molecule has 1 heterocycles. The average molecular weight is 417 g/mol. The van der Waals surface area contributed by atoms with Crippen molar-refractivity contribution in [3.63, 3.8) is 0 Å². The lowest BCUT2D eigenvalue weighted by molar-refractivity contribution is -0.121. The Bertz CT molecular complexity index is 1200. The topological polar surface area (TPSA) is 86.5 Å². The smallest absolute Gasteiger partial charge is 0.246 e. The normalized spacial score (nSPS) is 10.8. The highest BCUT2D eigenvalue weighted by Gasteiger charge is 2.15. The van der Waals surface area contributed by atoms with Crippen molar-refractivity contribution in [2.24, 2.45) is 0 Å². The van der Waals surface area contributed by atoms with Gasteiger partial charge in [-0.1, -0.05) is 47.6 Å². The van der Waals surface area contributed by atoms with Gasteiger partial charge in [-0.15, -0.1) is 0 Å². The zero-order valence-electron chi connectivity index (χ0n) is 17.4. The van der Waals surface area contributed by atoms with Crippen molar-refractivity contribution in [2.45, 2.75) is 19.4 Å². The van der Waals surface area contributed by atoms with E-state index in [0.717, 1.165) is 5.56 Å². The predicted molar refractivity (Wildman–Crippen MR) is 117 cm³/mol. The quantitative estimate of drug-likeness (QED) is 0.463. The summed E-state index contributed by atoms with van der Waals surface area (Å²) in [6, 6.07) is 19.7. The fourth-order valence-corrected chi connectivity index (χ4v) is 3.44. The van der Waals surface area contributed by atoms with E-state index in [9.17, 15) is 4.79 Å². The molecule has 1 N–H and O–H groups in total. The molecule has 0 unspecified atom stereocenters. The minimum absolute atomic E-state index is 0.0743. The number of rotatable bonds is 8. The maximum absolute atomic E-state index is 12.3.